The summed E-state index contributed by atoms with van der Waals surface area (Å²) in [5.74, 6) is 0.727. The van der Waals surface area contributed by atoms with E-state index in [1.807, 2.05) is 0 Å². The number of carbonyl (C=O) groups excluding carboxylic acids is 2. The Morgan fingerprint density at radius 3 is 2.79 bits per heavy atom. The van der Waals surface area contributed by atoms with Gasteiger partial charge in [-0.1, -0.05) is 30.9 Å². The van der Waals surface area contributed by atoms with Crippen LogP contribution < -0.4 is 14.8 Å². The Morgan fingerprint density at radius 1 is 1.21 bits per heavy atom. The van der Waals surface area contributed by atoms with Gasteiger partial charge >= 0.3 is 6.03 Å². The first kappa shape index (κ1) is 15.3. The zero-order chi connectivity index (χ0) is 16.7. The molecule has 1 N–H and O–H groups in total. The number of benzene rings is 1. The molecule has 3 aliphatic rings. The SMILES string of the molecule is O=C1NC2(CCCCC2)C(=O)N1/N=C\c1cc(Cl)c2c(c1)OCO2. The van der Waals surface area contributed by atoms with Crippen LogP contribution in [0.2, 0.25) is 5.02 Å². The summed E-state index contributed by atoms with van der Waals surface area (Å²) in [7, 11) is 0. The Morgan fingerprint density at radius 2 is 2.00 bits per heavy atom. The van der Waals surface area contributed by atoms with E-state index in [4.69, 9.17) is 21.1 Å². The largest absolute Gasteiger partial charge is 0.454 e. The number of hydrazone groups is 1. The number of rotatable bonds is 2. The first-order valence-corrected chi connectivity index (χ1v) is 8.27. The number of hydrogen-bond acceptors (Lipinski definition) is 5. The minimum atomic E-state index is -0.779. The zero-order valence-corrected chi connectivity index (χ0v) is 13.6. The molecular weight excluding hydrogens is 334 g/mol. The summed E-state index contributed by atoms with van der Waals surface area (Å²) >= 11 is 6.12. The van der Waals surface area contributed by atoms with Crippen molar-refractivity contribution in [1.82, 2.24) is 10.3 Å². The van der Waals surface area contributed by atoms with Crippen LogP contribution in [0.4, 0.5) is 4.79 Å². The van der Waals surface area contributed by atoms with Crippen LogP contribution in [0, 0.1) is 0 Å². The Labute approximate surface area is 143 Å². The third-order valence-electron chi connectivity index (χ3n) is 4.62. The number of nitrogens with one attached hydrogen (secondary N) is 1. The Balaban J connectivity index is 1.57. The maximum absolute atomic E-state index is 12.6. The molecule has 0 aromatic heterocycles. The molecule has 4 rings (SSSR count). The third-order valence-corrected chi connectivity index (χ3v) is 4.90. The molecule has 24 heavy (non-hydrogen) atoms. The first-order valence-electron chi connectivity index (χ1n) is 7.89. The third kappa shape index (κ3) is 2.39. The highest BCUT2D eigenvalue weighted by molar-refractivity contribution is 6.32. The van der Waals surface area contributed by atoms with Gasteiger partial charge in [-0.25, -0.2) is 4.79 Å². The summed E-state index contributed by atoms with van der Waals surface area (Å²) in [5, 5.41) is 8.18. The molecule has 2 fully saturated rings. The second-order valence-corrected chi connectivity index (χ2v) is 6.58. The molecule has 1 saturated carbocycles. The molecule has 1 aliphatic carbocycles. The minimum Gasteiger partial charge on any atom is -0.454 e. The summed E-state index contributed by atoms with van der Waals surface area (Å²) in [6.07, 6.45) is 5.71. The van der Waals surface area contributed by atoms with Gasteiger partial charge in [-0.3, -0.25) is 4.79 Å². The van der Waals surface area contributed by atoms with Crippen LogP contribution in [-0.2, 0) is 4.79 Å². The lowest BCUT2D eigenvalue weighted by Crippen LogP contribution is -2.48. The summed E-state index contributed by atoms with van der Waals surface area (Å²) in [4.78, 5) is 24.8. The topological polar surface area (TPSA) is 80.2 Å². The van der Waals surface area contributed by atoms with Crippen molar-refractivity contribution in [2.45, 2.75) is 37.6 Å². The van der Waals surface area contributed by atoms with Gasteiger partial charge in [0.15, 0.2) is 11.5 Å². The zero-order valence-electron chi connectivity index (χ0n) is 12.9. The van der Waals surface area contributed by atoms with Crippen molar-refractivity contribution in [3.63, 3.8) is 0 Å². The molecule has 1 saturated heterocycles. The van der Waals surface area contributed by atoms with Crippen LogP contribution in [0.15, 0.2) is 17.2 Å². The van der Waals surface area contributed by atoms with Crippen molar-refractivity contribution in [2.24, 2.45) is 5.10 Å². The van der Waals surface area contributed by atoms with Gasteiger partial charge in [0.2, 0.25) is 6.79 Å². The second-order valence-electron chi connectivity index (χ2n) is 6.17. The van der Waals surface area contributed by atoms with Gasteiger partial charge in [-0.2, -0.15) is 5.10 Å². The molecular formula is C16H16ClN3O4. The van der Waals surface area contributed by atoms with E-state index < -0.39 is 11.6 Å². The van der Waals surface area contributed by atoms with Crippen molar-refractivity contribution < 1.29 is 19.1 Å². The van der Waals surface area contributed by atoms with Crippen LogP contribution in [0.25, 0.3) is 0 Å². The lowest BCUT2D eigenvalue weighted by molar-refractivity contribution is -0.132. The predicted molar refractivity (Wildman–Crippen MR) is 86.4 cm³/mol. The molecule has 126 valence electrons. The lowest BCUT2D eigenvalue weighted by atomic mass is 9.82. The van der Waals surface area contributed by atoms with Gasteiger partial charge in [0.1, 0.15) is 5.54 Å². The number of nitrogens with zero attached hydrogens (tertiary/aromatic N) is 2. The Hall–Kier alpha value is -2.28. The molecule has 0 bridgehead atoms. The maximum atomic E-state index is 12.6. The molecule has 0 atom stereocenters. The highest BCUT2D eigenvalue weighted by Gasteiger charge is 2.51. The van der Waals surface area contributed by atoms with Crippen molar-refractivity contribution in [3.05, 3.63) is 22.7 Å². The van der Waals surface area contributed by atoms with Crippen molar-refractivity contribution in [2.75, 3.05) is 6.79 Å². The average molecular weight is 350 g/mol. The van der Waals surface area contributed by atoms with Gasteiger partial charge in [-0.15, -0.1) is 5.01 Å². The monoisotopic (exact) mass is 349 g/mol. The average Bonchev–Trinajstić information content (AvgIpc) is 3.12. The van der Waals surface area contributed by atoms with E-state index in [9.17, 15) is 9.59 Å². The van der Waals surface area contributed by atoms with Crippen LogP contribution in [0.5, 0.6) is 11.5 Å². The molecule has 0 radical (unpaired) electrons. The molecule has 8 heteroatoms. The number of ether oxygens (including phenoxy) is 2. The Bertz CT molecular complexity index is 743. The van der Waals surface area contributed by atoms with Gasteiger partial charge in [0.05, 0.1) is 11.2 Å². The first-order chi connectivity index (χ1) is 11.6. The number of halogens is 1. The molecule has 3 amide bonds. The molecule has 1 aromatic rings. The predicted octanol–water partition coefficient (Wildman–Crippen LogP) is 2.66. The highest BCUT2D eigenvalue weighted by Crippen LogP contribution is 2.39. The number of fused-ring (bicyclic) bond motifs is 1. The van der Waals surface area contributed by atoms with E-state index in [1.54, 1.807) is 12.1 Å². The summed E-state index contributed by atoms with van der Waals surface area (Å²) in [5.41, 5.74) is -0.159. The summed E-state index contributed by atoms with van der Waals surface area (Å²) in [6.45, 7) is 0.116. The maximum Gasteiger partial charge on any atom is 0.346 e. The van der Waals surface area contributed by atoms with E-state index in [0.717, 1.165) is 24.3 Å². The van der Waals surface area contributed by atoms with E-state index >= 15 is 0 Å². The number of hydrogen-bond donors (Lipinski definition) is 1. The number of urea groups is 1. The number of imide groups is 1. The van der Waals surface area contributed by atoms with Gasteiger partial charge in [0, 0.05) is 0 Å². The summed E-state index contributed by atoms with van der Waals surface area (Å²) < 4.78 is 10.5. The van der Waals surface area contributed by atoms with E-state index in [2.05, 4.69) is 10.4 Å². The summed E-state index contributed by atoms with van der Waals surface area (Å²) in [6, 6.07) is 2.87. The molecule has 1 aromatic carbocycles. The quantitative estimate of drug-likeness (QED) is 0.657. The van der Waals surface area contributed by atoms with Crippen LogP contribution in [0.1, 0.15) is 37.7 Å². The fourth-order valence-electron chi connectivity index (χ4n) is 3.39. The highest BCUT2D eigenvalue weighted by atomic mass is 35.5. The Kier molecular flexibility index (Phi) is 3.60. The van der Waals surface area contributed by atoms with E-state index in [1.165, 1.54) is 6.21 Å². The molecule has 7 nitrogen and oxygen atoms in total. The standard InChI is InChI=1S/C16H16ClN3O4/c17-11-6-10(7-12-13(11)24-9-23-12)8-18-20-14(21)16(19-15(20)22)4-2-1-3-5-16/h6-8H,1-5,9H2,(H,19,22)/b18-8-. The number of carbonyl (C=O) groups is 2. The van der Waals surface area contributed by atoms with Crippen LogP contribution >= 0.6 is 11.6 Å². The molecule has 0 unspecified atom stereocenters. The van der Waals surface area contributed by atoms with Gasteiger partial charge in [0.25, 0.3) is 5.91 Å². The van der Waals surface area contributed by atoms with Crippen molar-refractivity contribution >= 4 is 29.8 Å². The van der Waals surface area contributed by atoms with E-state index in [-0.39, 0.29) is 12.7 Å². The normalized spacial score (nSPS) is 21.8. The smallest absolute Gasteiger partial charge is 0.346 e. The van der Waals surface area contributed by atoms with Crippen molar-refractivity contribution in [3.8, 4) is 11.5 Å². The molecule has 2 heterocycles. The van der Waals surface area contributed by atoms with Crippen molar-refractivity contribution in [1.29, 1.82) is 0 Å². The van der Waals surface area contributed by atoms with E-state index in [0.29, 0.717) is 34.9 Å². The second kappa shape index (κ2) is 5.66. The van der Waals surface area contributed by atoms with Gasteiger partial charge < -0.3 is 14.8 Å². The lowest BCUT2D eigenvalue weighted by Gasteiger charge is -2.29. The fraction of sp³-hybridized carbons (Fsp3) is 0.438. The molecule has 2 aliphatic heterocycles. The number of amides is 3. The van der Waals surface area contributed by atoms with Crippen LogP contribution in [-0.4, -0.2) is 35.5 Å². The minimum absolute atomic E-state index is 0.116. The van der Waals surface area contributed by atoms with Crippen LogP contribution in [0.3, 0.4) is 0 Å². The fourth-order valence-corrected chi connectivity index (χ4v) is 3.67. The molecule has 1 spiro atoms. The van der Waals surface area contributed by atoms with Gasteiger partial charge in [-0.05, 0) is 30.5 Å².